The van der Waals surface area contributed by atoms with Crippen LogP contribution >= 0.6 is 0 Å². The van der Waals surface area contributed by atoms with Gasteiger partial charge in [0.05, 0.1) is 37.8 Å². The molecule has 0 saturated heterocycles. The van der Waals surface area contributed by atoms with Crippen LogP contribution in [0, 0.1) is 0 Å². The first kappa shape index (κ1) is 30.5. The molecule has 1 atom stereocenters. The first-order valence-electron chi connectivity index (χ1n) is 15.6. The number of aliphatic hydroxyl groups is 1. The zero-order valence-corrected chi connectivity index (χ0v) is 25.9. The second kappa shape index (κ2) is 13.3. The smallest absolute Gasteiger partial charge is 0.439 e. The molecule has 0 amide bonds. The summed E-state index contributed by atoms with van der Waals surface area (Å²) in [6, 6.07) is 15.5. The van der Waals surface area contributed by atoms with Gasteiger partial charge in [0.15, 0.2) is 5.82 Å². The molecule has 6 rings (SSSR count). The van der Waals surface area contributed by atoms with Gasteiger partial charge in [-0.3, -0.25) is 18.9 Å². The summed E-state index contributed by atoms with van der Waals surface area (Å²) in [6.45, 7) is 4.16. The Bertz CT molecular complexity index is 1890. The number of aliphatic hydroxyl groups excluding tert-OH is 1. The standard InChI is InChI=1S/C34H39N5O6/c1-4-7-29-28(33(41)38(31-16-17-35-39(29)31)24-12-14-25(15-13-24)44-20-21(2)40)18-23-11-10-22(19-30(23)43-3)26-8-5-6-9-27(26)32-36-34(42)45-37-32/h5-6,8-11,16-17,19,21,24-25,40H,4,7,12-15,18,20H2,1-3H3,(H,36,37,42)/t21?,24-,25-. The fourth-order valence-corrected chi connectivity index (χ4v) is 6.49. The monoisotopic (exact) mass is 613 g/mol. The van der Waals surface area contributed by atoms with Crippen LogP contribution in [0.15, 0.2) is 68.8 Å². The van der Waals surface area contributed by atoms with Gasteiger partial charge in [-0.2, -0.15) is 5.10 Å². The number of H-pyrrole nitrogens is 1. The van der Waals surface area contributed by atoms with Crippen LogP contribution in [-0.4, -0.2) is 55.4 Å². The maximum absolute atomic E-state index is 14.4. The van der Waals surface area contributed by atoms with E-state index in [2.05, 4.69) is 22.2 Å². The molecule has 1 aliphatic rings. The van der Waals surface area contributed by atoms with E-state index in [1.54, 1.807) is 20.2 Å². The minimum absolute atomic E-state index is 0.00580. The van der Waals surface area contributed by atoms with Crippen molar-refractivity contribution in [1.82, 2.24) is 24.3 Å². The van der Waals surface area contributed by atoms with Crippen LogP contribution in [0.3, 0.4) is 0 Å². The maximum Gasteiger partial charge on any atom is 0.439 e. The van der Waals surface area contributed by atoms with Gasteiger partial charge in [-0.05, 0) is 61.8 Å². The van der Waals surface area contributed by atoms with E-state index in [1.165, 1.54) is 0 Å². The summed E-state index contributed by atoms with van der Waals surface area (Å²) in [5.74, 6) is 0.383. The van der Waals surface area contributed by atoms with Crippen LogP contribution < -0.4 is 16.1 Å². The third-order valence-corrected chi connectivity index (χ3v) is 8.61. The minimum Gasteiger partial charge on any atom is -0.496 e. The number of ether oxygens (including phenoxy) is 2. The molecule has 11 heteroatoms. The number of aromatic amines is 1. The molecule has 1 unspecified atom stereocenters. The first-order chi connectivity index (χ1) is 21.9. The van der Waals surface area contributed by atoms with Gasteiger partial charge in [-0.25, -0.2) is 9.31 Å². The van der Waals surface area contributed by atoms with Crippen LogP contribution in [0.25, 0.3) is 28.2 Å². The number of hydrogen-bond acceptors (Lipinski definition) is 8. The molecule has 1 aliphatic carbocycles. The highest BCUT2D eigenvalue weighted by Crippen LogP contribution is 2.35. The molecule has 2 N–H and O–H groups in total. The predicted octanol–water partition coefficient (Wildman–Crippen LogP) is 4.94. The van der Waals surface area contributed by atoms with Gasteiger partial charge in [-0.15, -0.1) is 0 Å². The number of aromatic nitrogens is 5. The molecule has 0 bridgehead atoms. The summed E-state index contributed by atoms with van der Waals surface area (Å²) in [7, 11) is 1.63. The molecule has 0 aliphatic heterocycles. The number of rotatable bonds is 11. The molecule has 5 aromatic rings. The van der Waals surface area contributed by atoms with Crippen molar-refractivity contribution in [1.29, 1.82) is 0 Å². The Morgan fingerprint density at radius 1 is 1.09 bits per heavy atom. The van der Waals surface area contributed by atoms with Crippen LogP contribution in [0.1, 0.15) is 68.8 Å². The number of fused-ring (bicyclic) bond motifs is 1. The van der Waals surface area contributed by atoms with Gasteiger partial charge < -0.3 is 14.6 Å². The molecule has 2 aromatic carbocycles. The van der Waals surface area contributed by atoms with Gasteiger partial charge in [0, 0.05) is 29.7 Å². The summed E-state index contributed by atoms with van der Waals surface area (Å²) >= 11 is 0. The van der Waals surface area contributed by atoms with Crippen molar-refractivity contribution >= 4 is 5.65 Å². The number of nitrogens with one attached hydrogen (secondary N) is 1. The van der Waals surface area contributed by atoms with Crippen LogP contribution in [0.2, 0.25) is 0 Å². The largest absolute Gasteiger partial charge is 0.496 e. The number of hydrogen-bond donors (Lipinski definition) is 2. The second-order valence-electron chi connectivity index (χ2n) is 11.8. The number of benzene rings is 2. The molecule has 3 aromatic heterocycles. The first-order valence-corrected chi connectivity index (χ1v) is 15.6. The molecule has 1 saturated carbocycles. The van der Waals surface area contributed by atoms with E-state index in [9.17, 15) is 14.7 Å². The molecule has 45 heavy (non-hydrogen) atoms. The van der Waals surface area contributed by atoms with E-state index in [0.29, 0.717) is 36.6 Å². The lowest BCUT2D eigenvalue weighted by Crippen LogP contribution is -2.35. The van der Waals surface area contributed by atoms with Crippen molar-refractivity contribution in [3.63, 3.8) is 0 Å². The summed E-state index contributed by atoms with van der Waals surface area (Å²) in [4.78, 5) is 28.7. The Morgan fingerprint density at radius 3 is 2.56 bits per heavy atom. The molecular formula is C34H39N5O6. The van der Waals surface area contributed by atoms with Crippen LogP contribution in [0.5, 0.6) is 5.75 Å². The van der Waals surface area contributed by atoms with E-state index in [1.807, 2.05) is 57.6 Å². The Hall–Kier alpha value is -4.48. The third-order valence-electron chi connectivity index (χ3n) is 8.61. The lowest BCUT2D eigenvalue weighted by atomic mass is 9.92. The third kappa shape index (κ3) is 6.23. The van der Waals surface area contributed by atoms with E-state index in [4.69, 9.17) is 14.0 Å². The zero-order valence-electron chi connectivity index (χ0n) is 25.9. The molecule has 0 radical (unpaired) electrons. The Morgan fingerprint density at radius 2 is 1.87 bits per heavy atom. The van der Waals surface area contributed by atoms with Crippen molar-refractivity contribution < 1.29 is 19.1 Å². The molecule has 236 valence electrons. The Kier molecular flexibility index (Phi) is 8.99. The fourth-order valence-electron chi connectivity index (χ4n) is 6.49. The average Bonchev–Trinajstić information content (AvgIpc) is 3.72. The lowest BCUT2D eigenvalue weighted by Gasteiger charge is -2.31. The highest BCUT2D eigenvalue weighted by atomic mass is 16.5. The van der Waals surface area contributed by atoms with Crippen molar-refractivity contribution in [2.24, 2.45) is 0 Å². The molecule has 0 spiro atoms. The molecule has 1 fully saturated rings. The van der Waals surface area contributed by atoms with E-state index in [0.717, 1.165) is 65.7 Å². The van der Waals surface area contributed by atoms with Gasteiger partial charge >= 0.3 is 5.76 Å². The zero-order chi connectivity index (χ0) is 31.5. The quantitative estimate of drug-likeness (QED) is 0.214. The van der Waals surface area contributed by atoms with E-state index < -0.39 is 11.9 Å². The number of aryl methyl sites for hydroxylation is 1. The van der Waals surface area contributed by atoms with E-state index in [-0.39, 0.29) is 17.7 Å². The van der Waals surface area contributed by atoms with Crippen LogP contribution in [-0.2, 0) is 17.6 Å². The number of nitrogens with zero attached hydrogens (tertiary/aromatic N) is 4. The fraction of sp³-hybridized carbons (Fsp3) is 0.412. The number of methoxy groups -OCH3 is 1. The van der Waals surface area contributed by atoms with Crippen molar-refractivity contribution in [2.45, 2.75) is 77.0 Å². The summed E-state index contributed by atoms with van der Waals surface area (Å²) in [6.07, 6.45) is 6.61. The predicted molar refractivity (Wildman–Crippen MR) is 170 cm³/mol. The highest BCUT2D eigenvalue weighted by molar-refractivity contribution is 5.81. The molecule has 11 nitrogen and oxygen atoms in total. The minimum atomic E-state index is -0.617. The summed E-state index contributed by atoms with van der Waals surface area (Å²) < 4.78 is 20.4. The normalized spacial score (nSPS) is 17.5. The van der Waals surface area contributed by atoms with Gasteiger partial charge in [-0.1, -0.05) is 54.9 Å². The Labute approximate surface area is 260 Å². The summed E-state index contributed by atoms with van der Waals surface area (Å²) in [5, 5.41) is 18.2. The molecule has 3 heterocycles. The van der Waals surface area contributed by atoms with Crippen molar-refractivity contribution in [3.8, 4) is 28.3 Å². The van der Waals surface area contributed by atoms with E-state index >= 15 is 0 Å². The van der Waals surface area contributed by atoms with Crippen molar-refractivity contribution in [3.05, 3.63) is 92.5 Å². The van der Waals surface area contributed by atoms with Crippen LogP contribution in [0.4, 0.5) is 0 Å². The van der Waals surface area contributed by atoms with Crippen molar-refractivity contribution in [2.75, 3.05) is 13.7 Å². The second-order valence-corrected chi connectivity index (χ2v) is 11.8. The highest BCUT2D eigenvalue weighted by Gasteiger charge is 2.28. The van der Waals surface area contributed by atoms with Gasteiger partial charge in [0.2, 0.25) is 0 Å². The molecular weight excluding hydrogens is 574 g/mol. The SMILES string of the molecule is CCCc1c(Cc2ccc(-c3ccccc3-c3noc(=O)[nH]3)cc2OC)c(=O)n([C@H]2CC[C@H](OCC(C)O)CC2)c2ccnn12. The lowest BCUT2D eigenvalue weighted by molar-refractivity contribution is -0.0232. The summed E-state index contributed by atoms with van der Waals surface area (Å²) in [5.41, 5.74) is 5.78. The maximum atomic E-state index is 14.4. The van der Waals surface area contributed by atoms with Gasteiger partial charge in [0.25, 0.3) is 5.56 Å². The topological polar surface area (TPSA) is 137 Å². The Balaban J connectivity index is 1.37. The average molecular weight is 614 g/mol. The van der Waals surface area contributed by atoms with Gasteiger partial charge in [0.1, 0.15) is 11.4 Å².